The number of unbranched alkanes of at least 4 members (excludes halogenated alkanes) is 3. The third-order valence-electron chi connectivity index (χ3n) is 1.33. The third kappa shape index (κ3) is 9.42. The van der Waals surface area contributed by atoms with Gasteiger partial charge in [-0.3, -0.25) is 0 Å². The summed E-state index contributed by atoms with van der Waals surface area (Å²) >= 11 is 4.14. The number of hydrogen-bond donors (Lipinski definition) is 1. The maximum Gasteiger partial charge on any atom is 0.166 e. The lowest BCUT2D eigenvalue weighted by atomic mass is 10.2. The number of halogens is 2. The topological polar surface area (TPSA) is 20.2 Å². The molecule has 1 N–H and O–H groups in total. The van der Waals surface area contributed by atoms with Crippen molar-refractivity contribution in [2.45, 2.75) is 40.6 Å². The second-order valence-electron chi connectivity index (χ2n) is 2.48. The van der Waals surface area contributed by atoms with E-state index in [1.54, 1.807) is 0 Å². The Kier molecular flexibility index (Phi) is 6.85. The smallest absolute Gasteiger partial charge is 0.166 e. The molecule has 0 unspecified atom stereocenters. The van der Waals surface area contributed by atoms with Gasteiger partial charge in [0.05, 0.1) is 0 Å². The molecule has 0 amide bonds. The molecule has 0 aromatic carbocycles. The van der Waals surface area contributed by atoms with Crippen LogP contribution in [0.3, 0.4) is 0 Å². The Morgan fingerprint density at radius 3 is 2.20 bits per heavy atom. The molecule has 0 fully saturated rings. The van der Waals surface area contributed by atoms with Crippen LogP contribution < -0.4 is 0 Å². The Bertz CT molecular complexity index is 78.2. The fraction of sp³-hybridized carbons (Fsp3) is 1.00. The minimum Gasteiger partial charge on any atom is -0.371 e. The van der Waals surface area contributed by atoms with Gasteiger partial charge in [-0.25, -0.2) is 0 Å². The first-order valence-corrected chi connectivity index (χ1v) is 5.82. The van der Waals surface area contributed by atoms with E-state index in [9.17, 15) is 5.11 Å². The monoisotopic (exact) mass is 368 g/mol. The summed E-state index contributed by atoms with van der Waals surface area (Å²) in [5, 5.41) is 9.29. The Balaban J connectivity index is 3.04. The zero-order chi connectivity index (χ0) is 8.04. The van der Waals surface area contributed by atoms with Crippen LogP contribution in [0.25, 0.3) is 0 Å². The van der Waals surface area contributed by atoms with E-state index in [1.165, 1.54) is 19.3 Å². The van der Waals surface area contributed by atoms with E-state index in [2.05, 4.69) is 52.1 Å². The van der Waals surface area contributed by atoms with Crippen LogP contribution in [0.2, 0.25) is 0 Å². The molecule has 0 spiro atoms. The summed E-state index contributed by atoms with van der Waals surface area (Å²) in [6.07, 6.45) is 5.87. The van der Waals surface area contributed by atoms with Crippen LogP contribution in [0, 0.1) is 0 Å². The fourth-order valence-corrected chi connectivity index (χ4v) is 1.53. The SMILES string of the molecule is CCCCCCC(O)(I)I. The summed E-state index contributed by atoms with van der Waals surface area (Å²) in [5.74, 6) is 0. The van der Waals surface area contributed by atoms with Gasteiger partial charge in [0.25, 0.3) is 0 Å². The molecule has 0 saturated carbocycles. The third-order valence-corrected chi connectivity index (χ3v) is 2.41. The van der Waals surface area contributed by atoms with E-state index in [-0.39, 0.29) is 0 Å². The Morgan fingerprint density at radius 2 is 1.80 bits per heavy atom. The first-order chi connectivity index (χ1) is 4.56. The largest absolute Gasteiger partial charge is 0.371 e. The van der Waals surface area contributed by atoms with Gasteiger partial charge in [-0.1, -0.05) is 26.2 Å². The molecule has 0 rings (SSSR count). The van der Waals surface area contributed by atoms with Crippen molar-refractivity contribution < 1.29 is 5.11 Å². The number of alkyl halides is 2. The second-order valence-corrected chi connectivity index (χ2v) is 8.11. The lowest BCUT2D eigenvalue weighted by Crippen LogP contribution is -2.07. The van der Waals surface area contributed by atoms with E-state index < -0.39 is 1.61 Å². The van der Waals surface area contributed by atoms with Crippen molar-refractivity contribution in [3.63, 3.8) is 0 Å². The van der Waals surface area contributed by atoms with Gasteiger partial charge >= 0.3 is 0 Å². The van der Waals surface area contributed by atoms with Crippen LogP contribution in [0.15, 0.2) is 0 Å². The predicted octanol–water partition coefficient (Wildman–Crippen LogP) is 3.47. The second kappa shape index (κ2) is 5.99. The highest BCUT2D eigenvalue weighted by Crippen LogP contribution is 2.29. The van der Waals surface area contributed by atoms with E-state index in [0.717, 1.165) is 12.8 Å². The van der Waals surface area contributed by atoms with E-state index in [1.807, 2.05) is 0 Å². The molecule has 3 heteroatoms. The van der Waals surface area contributed by atoms with Crippen LogP contribution in [-0.4, -0.2) is 6.72 Å². The maximum absolute atomic E-state index is 9.29. The van der Waals surface area contributed by atoms with Gasteiger partial charge < -0.3 is 5.11 Å². The summed E-state index contributed by atoms with van der Waals surface area (Å²) in [4.78, 5) is 0. The van der Waals surface area contributed by atoms with Gasteiger partial charge in [0, 0.05) is 0 Å². The van der Waals surface area contributed by atoms with E-state index >= 15 is 0 Å². The summed E-state index contributed by atoms with van der Waals surface area (Å²) in [5.41, 5.74) is 0. The lowest BCUT2D eigenvalue weighted by molar-refractivity contribution is 0.248. The van der Waals surface area contributed by atoms with Crippen molar-refractivity contribution in [3.8, 4) is 0 Å². The highest BCUT2D eigenvalue weighted by molar-refractivity contribution is 14.2. The first-order valence-electron chi connectivity index (χ1n) is 3.66. The van der Waals surface area contributed by atoms with Crippen molar-refractivity contribution in [1.29, 1.82) is 0 Å². The standard InChI is InChI=1S/C7H14I2O/c1-2-3-4-5-6-7(8,9)10/h10H,2-6H2,1H3. The predicted molar refractivity (Wildman–Crippen MR) is 61.7 cm³/mol. The summed E-state index contributed by atoms with van der Waals surface area (Å²) in [6.45, 7) is 2.19. The van der Waals surface area contributed by atoms with Gasteiger partial charge in [0.1, 0.15) is 0 Å². The van der Waals surface area contributed by atoms with Crippen molar-refractivity contribution >= 4 is 45.2 Å². The molecule has 10 heavy (non-hydrogen) atoms. The molecule has 0 radical (unpaired) electrons. The molecule has 0 saturated heterocycles. The van der Waals surface area contributed by atoms with Crippen LogP contribution in [0.1, 0.15) is 39.0 Å². The molecule has 1 nitrogen and oxygen atoms in total. The maximum atomic E-state index is 9.29. The molecule has 0 atom stereocenters. The Hall–Kier alpha value is 1.42. The summed E-state index contributed by atoms with van der Waals surface area (Å²) in [7, 11) is 0. The Labute approximate surface area is 90.2 Å². The molecule has 0 aromatic rings. The van der Waals surface area contributed by atoms with Gasteiger partial charge in [-0.2, -0.15) is 0 Å². The normalized spacial score (nSPS) is 12.0. The summed E-state index contributed by atoms with van der Waals surface area (Å²) in [6, 6.07) is 0. The van der Waals surface area contributed by atoms with E-state index in [4.69, 9.17) is 0 Å². The van der Waals surface area contributed by atoms with Crippen LogP contribution in [-0.2, 0) is 0 Å². The van der Waals surface area contributed by atoms with Gasteiger partial charge in [0.2, 0.25) is 0 Å². The molecule has 0 aromatic heterocycles. The van der Waals surface area contributed by atoms with Crippen molar-refractivity contribution in [2.75, 3.05) is 0 Å². The van der Waals surface area contributed by atoms with E-state index in [0.29, 0.717) is 0 Å². The highest BCUT2D eigenvalue weighted by atomic mass is 127. The number of hydrogen-bond acceptors (Lipinski definition) is 1. The molecule has 0 heterocycles. The zero-order valence-electron chi connectivity index (χ0n) is 6.24. The zero-order valence-corrected chi connectivity index (χ0v) is 10.6. The van der Waals surface area contributed by atoms with Crippen molar-refractivity contribution in [3.05, 3.63) is 0 Å². The van der Waals surface area contributed by atoms with Gasteiger partial charge in [0.15, 0.2) is 1.61 Å². The minimum absolute atomic E-state index is 0.511. The Morgan fingerprint density at radius 1 is 1.20 bits per heavy atom. The van der Waals surface area contributed by atoms with Crippen molar-refractivity contribution in [2.24, 2.45) is 0 Å². The molecule has 0 aliphatic heterocycles. The van der Waals surface area contributed by atoms with Crippen LogP contribution in [0.4, 0.5) is 0 Å². The van der Waals surface area contributed by atoms with Gasteiger partial charge in [-0.15, -0.1) is 0 Å². The quantitative estimate of drug-likeness (QED) is 0.448. The molecule has 0 bridgehead atoms. The van der Waals surface area contributed by atoms with Crippen molar-refractivity contribution in [1.82, 2.24) is 0 Å². The molecule has 0 aliphatic carbocycles. The number of aliphatic hydroxyl groups is 1. The minimum atomic E-state index is -0.511. The first kappa shape index (κ1) is 11.4. The molecule has 0 aliphatic rings. The number of rotatable bonds is 5. The summed E-state index contributed by atoms with van der Waals surface area (Å²) < 4.78 is -0.511. The van der Waals surface area contributed by atoms with Gasteiger partial charge in [-0.05, 0) is 58.0 Å². The average molecular weight is 368 g/mol. The fourth-order valence-electron chi connectivity index (χ4n) is 0.764. The lowest BCUT2D eigenvalue weighted by Gasteiger charge is -2.11. The molecular formula is C7H14I2O. The van der Waals surface area contributed by atoms with Crippen LogP contribution >= 0.6 is 45.2 Å². The molecule has 62 valence electrons. The average Bonchev–Trinajstić information content (AvgIpc) is 1.78. The van der Waals surface area contributed by atoms with Crippen LogP contribution in [0.5, 0.6) is 0 Å². The highest BCUT2D eigenvalue weighted by Gasteiger charge is 2.15. The molecular weight excluding hydrogens is 354 g/mol.